The van der Waals surface area contributed by atoms with Gasteiger partial charge in [-0.2, -0.15) is 0 Å². The molecule has 4 rings (SSSR count). The zero-order valence-electron chi connectivity index (χ0n) is 27.4. The van der Waals surface area contributed by atoms with E-state index in [0.29, 0.717) is 0 Å². The first-order valence-electron chi connectivity index (χ1n) is 15.5. The number of hydrogen-bond donors (Lipinski definition) is 4. The number of hydrogen-bond acceptors (Lipinski definition) is 10. The van der Waals surface area contributed by atoms with Gasteiger partial charge in [-0.1, -0.05) is 60.7 Å². The molecule has 2 saturated heterocycles. The van der Waals surface area contributed by atoms with E-state index in [2.05, 4.69) is 21.5 Å². The molecule has 2 aromatic carbocycles. The fraction of sp³-hybridized carbons (Fsp3) is 0.515. The predicted molar refractivity (Wildman–Crippen MR) is 167 cm³/mol. The molecule has 0 unspecified atom stereocenters. The van der Waals surface area contributed by atoms with Crippen molar-refractivity contribution < 1.29 is 47.6 Å². The summed E-state index contributed by atoms with van der Waals surface area (Å²) in [7, 11) is 0. The van der Waals surface area contributed by atoms with Crippen molar-refractivity contribution in [3.63, 3.8) is 0 Å². The van der Waals surface area contributed by atoms with Gasteiger partial charge in [0.2, 0.25) is 5.91 Å². The summed E-state index contributed by atoms with van der Waals surface area (Å²) < 4.78 is 36.3. The number of ether oxygens (including phenoxy) is 6. The minimum Gasteiger partial charge on any atom is -0.444 e. The molecule has 2 fully saturated rings. The van der Waals surface area contributed by atoms with Crippen LogP contribution in [0.2, 0.25) is 0 Å². The minimum absolute atomic E-state index is 0.126. The lowest BCUT2D eigenvalue weighted by molar-refractivity contribution is -0.351. The Bertz CT molecular complexity index is 1360. The highest BCUT2D eigenvalue weighted by molar-refractivity contribution is 5.88. The van der Waals surface area contributed by atoms with Gasteiger partial charge in [0.1, 0.15) is 42.1 Å². The second kappa shape index (κ2) is 16.2. The van der Waals surface area contributed by atoms with Crippen LogP contribution in [0.3, 0.4) is 0 Å². The normalized spacial score (nSPS) is 25.3. The molecule has 256 valence electrons. The third kappa shape index (κ3) is 10.5. The van der Waals surface area contributed by atoms with Crippen molar-refractivity contribution in [1.29, 1.82) is 0 Å². The Balaban J connectivity index is 1.48. The van der Waals surface area contributed by atoms with Crippen molar-refractivity contribution in [3.8, 4) is 0 Å². The predicted octanol–water partition coefficient (Wildman–Crippen LogP) is 2.38. The third-order valence-corrected chi connectivity index (χ3v) is 7.20. The average molecular weight is 657 g/mol. The Hall–Kier alpha value is -4.08. The number of alkyl carbamates (subject to hydrolysis) is 1. The maximum Gasteiger partial charge on any atom is 0.408 e. The Morgan fingerprint density at radius 3 is 2.19 bits per heavy atom. The highest BCUT2D eigenvalue weighted by Gasteiger charge is 2.52. The van der Waals surface area contributed by atoms with Crippen LogP contribution in [0.1, 0.15) is 59.0 Å². The molecule has 0 spiro atoms. The molecule has 4 amide bonds. The lowest BCUT2D eigenvalue weighted by Crippen LogP contribution is -2.68. The molecule has 4 N–H and O–H groups in total. The number of hydrazine groups is 1. The van der Waals surface area contributed by atoms with E-state index in [1.165, 1.54) is 20.8 Å². The summed E-state index contributed by atoms with van der Waals surface area (Å²) in [4.78, 5) is 50.2. The van der Waals surface area contributed by atoms with Crippen LogP contribution in [0.4, 0.5) is 4.79 Å². The van der Waals surface area contributed by atoms with E-state index in [1.54, 1.807) is 20.8 Å². The monoisotopic (exact) mass is 656 g/mol. The summed E-state index contributed by atoms with van der Waals surface area (Å²) in [5, 5.41) is 5.27. The molecule has 2 aromatic rings. The smallest absolute Gasteiger partial charge is 0.408 e. The molecule has 0 saturated carbocycles. The van der Waals surface area contributed by atoms with E-state index < -0.39 is 72.6 Å². The van der Waals surface area contributed by atoms with Crippen LogP contribution in [0.5, 0.6) is 0 Å². The van der Waals surface area contributed by atoms with Crippen molar-refractivity contribution in [1.82, 2.24) is 21.5 Å². The molecule has 0 radical (unpaired) electrons. The first-order chi connectivity index (χ1) is 22.3. The first kappa shape index (κ1) is 35.8. The van der Waals surface area contributed by atoms with Crippen LogP contribution >= 0.6 is 0 Å². The third-order valence-electron chi connectivity index (χ3n) is 7.20. The van der Waals surface area contributed by atoms with E-state index in [-0.39, 0.29) is 19.1 Å². The van der Waals surface area contributed by atoms with E-state index in [9.17, 15) is 19.2 Å². The number of amides is 4. The summed E-state index contributed by atoms with van der Waals surface area (Å²) in [5.41, 5.74) is 5.51. The Labute approximate surface area is 274 Å². The molecule has 2 aliphatic rings. The van der Waals surface area contributed by atoms with E-state index >= 15 is 0 Å². The molecule has 0 aromatic heterocycles. The summed E-state index contributed by atoms with van der Waals surface area (Å²) in [6.07, 6.45) is -6.07. The molecule has 14 heteroatoms. The highest BCUT2D eigenvalue weighted by Crippen LogP contribution is 2.36. The second-order valence-electron chi connectivity index (χ2n) is 12.3. The topological polar surface area (TPSA) is 172 Å². The number of carbonyl (C=O) groups is 4. The fourth-order valence-electron chi connectivity index (χ4n) is 4.98. The van der Waals surface area contributed by atoms with E-state index in [1.807, 2.05) is 60.7 Å². The van der Waals surface area contributed by atoms with Gasteiger partial charge in [0.15, 0.2) is 12.6 Å². The number of nitrogens with one attached hydrogen (secondary N) is 4. The van der Waals surface area contributed by atoms with Crippen LogP contribution < -0.4 is 21.5 Å². The van der Waals surface area contributed by atoms with Crippen LogP contribution in [0.25, 0.3) is 0 Å². The SMILES string of the molecule is CC(=O)N[C@H]1[C@@H](OCc2ccccc2)O[C@@H]2CO[C@H](c3ccccc3)O[C@H]2[C@@H]1O[C@H](C)C(=O)NNC(=O)[C@H](C)NC(=O)OC(C)(C)C. The quantitative estimate of drug-likeness (QED) is 0.278. The van der Waals surface area contributed by atoms with E-state index in [4.69, 9.17) is 28.4 Å². The molecule has 14 nitrogen and oxygen atoms in total. The van der Waals surface area contributed by atoms with Crippen LogP contribution in [-0.2, 0) is 49.4 Å². The summed E-state index contributed by atoms with van der Waals surface area (Å²) in [6, 6.07) is 16.9. The number of carbonyl (C=O) groups excluding carboxylic acids is 4. The van der Waals surface area contributed by atoms with Gasteiger partial charge >= 0.3 is 6.09 Å². The van der Waals surface area contributed by atoms with E-state index in [0.717, 1.165) is 11.1 Å². The Kier molecular flexibility index (Phi) is 12.3. The summed E-state index contributed by atoms with van der Waals surface area (Å²) in [6.45, 7) is 9.68. The van der Waals surface area contributed by atoms with Crippen molar-refractivity contribution in [2.24, 2.45) is 0 Å². The molecular weight excluding hydrogens is 612 g/mol. The molecule has 2 aliphatic heterocycles. The number of rotatable bonds is 10. The fourth-order valence-corrected chi connectivity index (χ4v) is 4.98. The van der Waals surface area contributed by atoms with Crippen molar-refractivity contribution >= 4 is 23.8 Å². The van der Waals surface area contributed by atoms with Crippen molar-refractivity contribution in [2.45, 2.75) is 103 Å². The largest absolute Gasteiger partial charge is 0.444 e. The van der Waals surface area contributed by atoms with Crippen molar-refractivity contribution in [2.75, 3.05) is 6.61 Å². The van der Waals surface area contributed by atoms with Gasteiger partial charge in [-0.25, -0.2) is 4.79 Å². The molecule has 8 atom stereocenters. The molecular formula is C33H44N4O10. The van der Waals surface area contributed by atoms with Gasteiger partial charge < -0.3 is 39.1 Å². The second-order valence-corrected chi connectivity index (χ2v) is 12.3. The lowest BCUT2D eigenvalue weighted by Gasteiger charge is -2.49. The summed E-state index contributed by atoms with van der Waals surface area (Å²) in [5.74, 6) is -1.76. The molecule has 0 bridgehead atoms. The number of fused-ring (bicyclic) bond motifs is 1. The highest BCUT2D eigenvalue weighted by atomic mass is 16.8. The van der Waals surface area contributed by atoms with Gasteiger partial charge in [-0.15, -0.1) is 0 Å². The van der Waals surface area contributed by atoms with Gasteiger partial charge in [-0.05, 0) is 40.2 Å². The van der Waals surface area contributed by atoms with Crippen molar-refractivity contribution in [3.05, 3.63) is 71.8 Å². The Morgan fingerprint density at radius 1 is 0.915 bits per heavy atom. The molecule has 2 heterocycles. The van der Waals surface area contributed by atoms with Gasteiger partial charge in [0, 0.05) is 12.5 Å². The average Bonchev–Trinajstić information content (AvgIpc) is 3.03. The molecule has 47 heavy (non-hydrogen) atoms. The maximum absolute atomic E-state index is 13.1. The lowest BCUT2D eigenvalue weighted by atomic mass is 9.95. The first-order valence-corrected chi connectivity index (χ1v) is 15.5. The van der Waals surface area contributed by atoms with Crippen LogP contribution in [-0.4, -0.2) is 78.8 Å². The van der Waals surface area contributed by atoms with Crippen LogP contribution in [0.15, 0.2) is 60.7 Å². The zero-order valence-corrected chi connectivity index (χ0v) is 27.4. The van der Waals surface area contributed by atoms with Gasteiger partial charge in [-0.3, -0.25) is 25.2 Å². The van der Waals surface area contributed by atoms with Gasteiger partial charge in [0.25, 0.3) is 11.8 Å². The zero-order chi connectivity index (χ0) is 34.1. The molecule has 0 aliphatic carbocycles. The Morgan fingerprint density at radius 2 is 1.55 bits per heavy atom. The maximum atomic E-state index is 13.1. The number of benzene rings is 2. The minimum atomic E-state index is -1.15. The van der Waals surface area contributed by atoms with Gasteiger partial charge in [0.05, 0.1) is 13.2 Å². The summed E-state index contributed by atoms with van der Waals surface area (Å²) >= 11 is 0. The van der Waals surface area contributed by atoms with Crippen LogP contribution in [0, 0.1) is 0 Å². The standard InChI is InChI=1S/C33H44N4O10/c1-19(34-32(41)47-33(4,5)6)28(39)36-37-29(40)20(2)44-27-25(35-21(3)38)31(42-17-22-13-9-7-10-14-22)45-24-18-43-30(46-26(24)27)23-15-11-8-12-16-23/h7-16,19-20,24-27,30-31H,17-18H2,1-6H3,(H,34,41)(H,35,38)(H,36,39)(H,37,40)/t19-,20+,24+,25+,26+,27+,30-,31-/m0/s1.